The molecule has 106 valence electrons. The van der Waals surface area contributed by atoms with Crippen molar-refractivity contribution in [3.05, 3.63) is 35.9 Å². The van der Waals surface area contributed by atoms with Crippen molar-refractivity contribution in [2.24, 2.45) is 5.73 Å². The number of ether oxygens (including phenoxy) is 1. The third kappa shape index (κ3) is 5.85. The lowest BCUT2D eigenvalue weighted by Crippen LogP contribution is -2.35. The molecule has 0 spiro atoms. The number of carbonyl (C=O) groups is 1. The molecule has 4 nitrogen and oxygen atoms in total. The molecule has 1 aromatic rings. The van der Waals surface area contributed by atoms with Crippen LogP contribution in [-0.4, -0.2) is 37.1 Å². The molecule has 1 rings (SSSR count). The summed E-state index contributed by atoms with van der Waals surface area (Å²) in [5.74, 6) is 0.137. The van der Waals surface area contributed by atoms with Gasteiger partial charge in [0.05, 0.1) is 6.10 Å². The summed E-state index contributed by atoms with van der Waals surface area (Å²) in [7, 11) is 1.66. The Labute approximate surface area is 115 Å². The van der Waals surface area contributed by atoms with E-state index < -0.39 is 0 Å². The lowest BCUT2D eigenvalue weighted by molar-refractivity contribution is -0.132. The second kappa shape index (κ2) is 8.67. The van der Waals surface area contributed by atoms with Crippen molar-refractivity contribution in [1.82, 2.24) is 4.90 Å². The van der Waals surface area contributed by atoms with Gasteiger partial charge in [-0.2, -0.15) is 0 Å². The fourth-order valence-corrected chi connectivity index (χ4v) is 1.85. The number of methoxy groups -OCH3 is 1. The molecule has 0 aliphatic carbocycles. The molecule has 19 heavy (non-hydrogen) atoms. The molecule has 1 aromatic carbocycles. The second-order valence-electron chi connectivity index (χ2n) is 4.67. The van der Waals surface area contributed by atoms with Crippen LogP contribution >= 0.6 is 0 Å². The first kappa shape index (κ1) is 15.7. The second-order valence-corrected chi connectivity index (χ2v) is 4.67. The monoisotopic (exact) mass is 264 g/mol. The molecular formula is C15H24N2O2. The predicted octanol–water partition coefficient (Wildman–Crippen LogP) is 1.79. The van der Waals surface area contributed by atoms with Crippen LogP contribution in [-0.2, 0) is 16.1 Å². The Morgan fingerprint density at radius 1 is 1.37 bits per heavy atom. The molecule has 0 heterocycles. The van der Waals surface area contributed by atoms with E-state index in [1.807, 2.05) is 42.2 Å². The molecule has 0 aliphatic heterocycles. The van der Waals surface area contributed by atoms with Crippen LogP contribution in [0.25, 0.3) is 0 Å². The van der Waals surface area contributed by atoms with Gasteiger partial charge >= 0.3 is 0 Å². The summed E-state index contributed by atoms with van der Waals surface area (Å²) in [6.45, 7) is 3.67. The number of hydrogen-bond acceptors (Lipinski definition) is 3. The maximum atomic E-state index is 12.2. The van der Waals surface area contributed by atoms with E-state index in [1.54, 1.807) is 7.11 Å². The van der Waals surface area contributed by atoms with Crippen molar-refractivity contribution in [2.75, 3.05) is 20.2 Å². The fraction of sp³-hybridized carbons (Fsp3) is 0.533. The maximum absolute atomic E-state index is 12.2. The smallest absolute Gasteiger partial charge is 0.223 e. The lowest BCUT2D eigenvalue weighted by Gasteiger charge is -2.23. The maximum Gasteiger partial charge on any atom is 0.223 e. The van der Waals surface area contributed by atoms with Crippen molar-refractivity contribution in [3.63, 3.8) is 0 Å². The SMILES string of the molecule is COC(C)CCC(=O)N(CCN)Cc1ccccc1. The minimum atomic E-state index is 0.111. The van der Waals surface area contributed by atoms with Crippen molar-refractivity contribution in [1.29, 1.82) is 0 Å². The molecule has 1 amide bonds. The molecule has 0 saturated carbocycles. The van der Waals surface area contributed by atoms with Gasteiger partial charge in [0, 0.05) is 33.2 Å². The van der Waals surface area contributed by atoms with Gasteiger partial charge in [0.15, 0.2) is 0 Å². The van der Waals surface area contributed by atoms with Gasteiger partial charge in [-0.25, -0.2) is 0 Å². The number of benzene rings is 1. The van der Waals surface area contributed by atoms with E-state index in [4.69, 9.17) is 10.5 Å². The molecule has 0 fully saturated rings. The van der Waals surface area contributed by atoms with Crippen LogP contribution < -0.4 is 5.73 Å². The molecule has 4 heteroatoms. The highest BCUT2D eigenvalue weighted by atomic mass is 16.5. The molecule has 1 atom stereocenters. The number of rotatable bonds is 8. The van der Waals surface area contributed by atoms with Gasteiger partial charge in [0.25, 0.3) is 0 Å². The number of nitrogens with two attached hydrogens (primary N) is 1. The normalized spacial score (nSPS) is 12.2. The van der Waals surface area contributed by atoms with E-state index in [-0.39, 0.29) is 12.0 Å². The molecular weight excluding hydrogens is 240 g/mol. The molecule has 0 radical (unpaired) electrons. The molecule has 0 bridgehead atoms. The van der Waals surface area contributed by atoms with Gasteiger partial charge in [-0.1, -0.05) is 30.3 Å². The quantitative estimate of drug-likeness (QED) is 0.779. The largest absolute Gasteiger partial charge is 0.382 e. The van der Waals surface area contributed by atoms with Crippen molar-refractivity contribution < 1.29 is 9.53 Å². The molecule has 0 aromatic heterocycles. The summed E-state index contributed by atoms with van der Waals surface area (Å²) >= 11 is 0. The Morgan fingerprint density at radius 2 is 2.05 bits per heavy atom. The van der Waals surface area contributed by atoms with Crippen LogP contribution in [0, 0.1) is 0 Å². The third-order valence-electron chi connectivity index (χ3n) is 3.14. The minimum Gasteiger partial charge on any atom is -0.382 e. The van der Waals surface area contributed by atoms with Gasteiger partial charge in [0.1, 0.15) is 0 Å². The summed E-state index contributed by atoms with van der Waals surface area (Å²) in [5.41, 5.74) is 6.71. The number of amides is 1. The molecule has 2 N–H and O–H groups in total. The first-order valence-corrected chi connectivity index (χ1v) is 6.72. The van der Waals surface area contributed by atoms with Crippen LogP contribution in [0.2, 0.25) is 0 Å². The summed E-state index contributed by atoms with van der Waals surface area (Å²) < 4.78 is 5.16. The standard InChI is InChI=1S/C15H24N2O2/c1-13(19-2)8-9-15(18)17(11-10-16)12-14-6-4-3-5-7-14/h3-7,13H,8-12,16H2,1-2H3. The minimum absolute atomic E-state index is 0.111. The van der Waals surface area contributed by atoms with E-state index in [9.17, 15) is 4.79 Å². The summed E-state index contributed by atoms with van der Waals surface area (Å²) in [4.78, 5) is 14.0. The lowest BCUT2D eigenvalue weighted by atomic mass is 10.1. The van der Waals surface area contributed by atoms with Crippen molar-refractivity contribution in [3.8, 4) is 0 Å². The van der Waals surface area contributed by atoms with Crippen LogP contribution in [0.4, 0.5) is 0 Å². The Balaban J connectivity index is 2.54. The topological polar surface area (TPSA) is 55.6 Å². The molecule has 1 unspecified atom stereocenters. The van der Waals surface area contributed by atoms with Gasteiger partial charge in [-0.3, -0.25) is 4.79 Å². The van der Waals surface area contributed by atoms with Gasteiger partial charge in [-0.05, 0) is 18.9 Å². The van der Waals surface area contributed by atoms with Gasteiger partial charge in [-0.15, -0.1) is 0 Å². The van der Waals surface area contributed by atoms with E-state index >= 15 is 0 Å². The highest BCUT2D eigenvalue weighted by Gasteiger charge is 2.14. The molecule has 0 aliphatic rings. The molecule has 0 saturated heterocycles. The van der Waals surface area contributed by atoms with Gasteiger partial charge in [0.2, 0.25) is 5.91 Å². The van der Waals surface area contributed by atoms with Gasteiger partial charge < -0.3 is 15.4 Å². The fourth-order valence-electron chi connectivity index (χ4n) is 1.85. The average Bonchev–Trinajstić information content (AvgIpc) is 2.45. The zero-order valence-electron chi connectivity index (χ0n) is 11.8. The first-order valence-electron chi connectivity index (χ1n) is 6.72. The Morgan fingerprint density at radius 3 is 2.63 bits per heavy atom. The Bertz CT molecular complexity index is 368. The number of carbonyl (C=O) groups excluding carboxylic acids is 1. The summed E-state index contributed by atoms with van der Waals surface area (Å²) in [5, 5.41) is 0. The third-order valence-corrected chi connectivity index (χ3v) is 3.14. The highest BCUT2D eigenvalue weighted by molar-refractivity contribution is 5.76. The van der Waals surface area contributed by atoms with Crippen LogP contribution in [0.5, 0.6) is 0 Å². The zero-order chi connectivity index (χ0) is 14.1. The Kier molecular flexibility index (Phi) is 7.15. The predicted molar refractivity (Wildman–Crippen MR) is 76.6 cm³/mol. The van der Waals surface area contributed by atoms with Crippen LogP contribution in [0.15, 0.2) is 30.3 Å². The first-order chi connectivity index (χ1) is 9.17. The number of nitrogens with zero attached hydrogens (tertiary/aromatic N) is 1. The van der Waals surface area contributed by atoms with E-state index in [2.05, 4.69) is 0 Å². The van der Waals surface area contributed by atoms with Crippen LogP contribution in [0.3, 0.4) is 0 Å². The zero-order valence-corrected chi connectivity index (χ0v) is 11.8. The summed E-state index contributed by atoms with van der Waals surface area (Å²) in [6.07, 6.45) is 1.35. The average molecular weight is 264 g/mol. The summed E-state index contributed by atoms with van der Waals surface area (Å²) in [6, 6.07) is 9.98. The highest BCUT2D eigenvalue weighted by Crippen LogP contribution is 2.08. The van der Waals surface area contributed by atoms with Crippen LogP contribution in [0.1, 0.15) is 25.3 Å². The Hall–Kier alpha value is -1.39. The van der Waals surface area contributed by atoms with E-state index in [0.717, 1.165) is 12.0 Å². The van der Waals surface area contributed by atoms with Crippen molar-refractivity contribution >= 4 is 5.91 Å². The van der Waals surface area contributed by atoms with E-state index in [1.165, 1.54) is 0 Å². The van der Waals surface area contributed by atoms with Crippen molar-refractivity contribution in [2.45, 2.75) is 32.4 Å². The number of hydrogen-bond donors (Lipinski definition) is 1. The van der Waals surface area contributed by atoms with E-state index in [0.29, 0.717) is 26.1 Å².